The topological polar surface area (TPSA) is 23.6 Å². The highest BCUT2D eigenvalue weighted by Crippen LogP contribution is 2.41. The number of hydrogen-bond donors (Lipinski definition) is 0. The zero-order valence-electron chi connectivity index (χ0n) is 17.8. The Morgan fingerprint density at radius 3 is 1.25 bits per heavy atom. The fourth-order valence-corrected chi connectivity index (χ4v) is 4.53. The van der Waals surface area contributed by atoms with Crippen LogP contribution in [0, 0.1) is 0 Å². The van der Waals surface area contributed by atoms with Crippen molar-refractivity contribution in [3.63, 3.8) is 0 Å². The smallest absolute Gasteiger partial charge is 0.147 e. The summed E-state index contributed by atoms with van der Waals surface area (Å²) < 4.78 is 0. The van der Waals surface area contributed by atoms with Gasteiger partial charge in [0.15, 0.2) is 0 Å². The molecule has 0 N–H and O–H groups in total. The third kappa shape index (κ3) is 4.09. The molecule has 2 unspecified atom stereocenters. The van der Waals surface area contributed by atoms with E-state index in [1.807, 2.05) is 0 Å². The van der Waals surface area contributed by atoms with Gasteiger partial charge in [-0.3, -0.25) is 4.79 Å². The van der Waals surface area contributed by atoms with Gasteiger partial charge in [-0.1, -0.05) is 24.3 Å². The van der Waals surface area contributed by atoms with E-state index in [-0.39, 0.29) is 11.8 Å². The molecule has 0 amide bonds. The van der Waals surface area contributed by atoms with Crippen molar-refractivity contribution in [2.45, 2.75) is 52.4 Å². The molecule has 2 aromatic carbocycles. The van der Waals surface area contributed by atoms with E-state index in [4.69, 9.17) is 0 Å². The van der Waals surface area contributed by atoms with E-state index < -0.39 is 0 Å². The highest BCUT2D eigenvalue weighted by molar-refractivity contribution is 5.94. The average Bonchev–Trinajstić information content (AvgIpc) is 3.12. The Morgan fingerprint density at radius 2 is 0.964 bits per heavy atom. The minimum atomic E-state index is 0.0400. The molecule has 28 heavy (non-hydrogen) atoms. The first-order chi connectivity index (χ1) is 13.6. The summed E-state index contributed by atoms with van der Waals surface area (Å²) in [5.41, 5.74) is 4.82. The molecule has 0 aromatic heterocycles. The summed E-state index contributed by atoms with van der Waals surface area (Å²) in [4.78, 5) is 17.8. The molecular formula is C25H34N2O. The third-order valence-electron chi connectivity index (χ3n) is 6.28. The maximum atomic E-state index is 13.1. The predicted molar refractivity (Wildman–Crippen MR) is 120 cm³/mol. The molecule has 1 saturated carbocycles. The van der Waals surface area contributed by atoms with Crippen molar-refractivity contribution in [3.05, 3.63) is 59.7 Å². The molecule has 1 fully saturated rings. The molecule has 3 rings (SSSR count). The number of ketones is 1. The van der Waals surface area contributed by atoms with Gasteiger partial charge in [0.1, 0.15) is 5.78 Å². The first-order valence-corrected chi connectivity index (χ1v) is 10.9. The largest absolute Gasteiger partial charge is 0.372 e. The minimum Gasteiger partial charge on any atom is -0.372 e. The van der Waals surface area contributed by atoms with Crippen LogP contribution in [0.3, 0.4) is 0 Å². The lowest BCUT2D eigenvalue weighted by Gasteiger charge is -2.22. The molecule has 1 aliphatic rings. The van der Waals surface area contributed by atoms with Crippen LogP contribution in [0.2, 0.25) is 0 Å². The van der Waals surface area contributed by atoms with Gasteiger partial charge in [0, 0.05) is 49.4 Å². The summed E-state index contributed by atoms with van der Waals surface area (Å²) in [6.07, 6.45) is 1.90. The quantitative estimate of drug-likeness (QED) is 0.596. The molecule has 0 spiro atoms. The second kappa shape index (κ2) is 9.27. The molecule has 1 aliphatic carbocycles. The number of hydrogen-bond acceptors (Lipinski definition) is 3. The van der Waals surface area contributed by atoms with Gasteiger partial charge in [-0.05, 0) is 75.9 Å². The van der Waals surface area contributed by atoms with E-state index in [0.29, 0.717) is 5.78 Å². The Labute approximate surface area is 170 Å². The molecule has 0 heterocycles. The van der Waals surface area contributed by atoms with Gasteiger partial charge < -0.3 is 9.80 Å². The SMILES string of the molecule is CCN(CC)c1ccc(C2CCC(c3ccc(N(CC)CC)cc3)C2=O)cc1. The standard InChI is InChI=1S/C25H34N2O/c1-5-26(6-2)21-13-9-19(10-14-21)23-17-18-24(25(23)28)20-11-15-22(16-12-20)27(7-3)8-4/h9-16,23-24H,5-8,17-18H2,1-4H3. The zero-order valence-corrected chi connectivity index (χ0v) is 17.8. The number of Topliss-reactive ketones (excluding diaryl/α,β-unsaturated/α-hetero) is 1. The van der Waals surface area contributed by atoms with E-state index in [1.165, 1.54) is 22.5 Å². The highest BCUT2D eigenvalue weighted by atomic mass is 16.1. The first-order valence-electron chi connectivity index (χ1n) is 10.9. The summed E-state index contributed by atoms with van der Waals surface area (Å²) in [7, 11) is 0. The van der Waals surface area contributed by atoms with Crippen molar-refractivity contribution in [3.8, 4) is 0 Å². The van der Waals surface area contributed by atoms with Crippen molar-refractivity contribution in [1.82, 2.24) is 0 Å². The average molecular weight is 379 g/mol. The van der Waals surface area contributed by atoms with Crippen LogP contribution < -0.4 is 9.80 Å². The van der Waals surface area contributed by atoms with Crippen LogP contribution in [0.15, 0.2) is 48.5 Å². The molecule has 2 atom stereocenters. The van der Waals surface area contributed by atoms with Crippen molar-refractivity contribution < 1.29 is 4.79 Å². The zero-order chi connectivity index (χ0) is 20.1. The van der Waals surface area contributed by atoms with Crippen LogP contribution >= 0.6 is 0 Å². The van der Waals surface area contributed by atoms with Crippen molar-refractivity contribution in [2.24, 2.45) is 0 Å². The molecule has 0 radical (unpaired) electrons. The van der Waals surface area contributed by atoms with Gasteiger partial charge in [0.05, 0.1) is 0 Å². The summed E-state index contributed by atoms with van der Waals surface area (Å²) in [5, 5.41) is 0. The first kappa shape index (κ1) is 20.4. The summed E-state index contributed by atoms with van der Waals surface area (Å²) in [5.74, 6) is 0.461. The molecule has 150 valence electrons. The Balaban J connectivity index is 1.72. The highest BCUT2D eigenvalue weighted by Gasteiger charge is 2.35. The fourth-order valence-electron chi connectivity index (χ4n) is 4.53. The van der Waals surface area contributed by atoms with Crippen molar-refractivity contribution >= 4 is 17.2 Å². The van der Waals surface area contributed by atoms with E-state index in [9.17, 15) is 4.79 Å². The predicted octanol–water partition coefficient (Wildman–Crippen LogP) is 5.61. The van der Waals surface area contributed by atoms with Gasteiger partial charge in [-0.15, -0.1) is 0 Å². The summed E-state index contributed by atoms with van der Waals surface area (Å²) in [6, 6.07) is 17.3. The molecule has 0 bridgehead atoms. The second-order valence-electron chi connectivity index (χ2n) is 7.61. The van der Waals surface area contributed by atoms with E-state index in [2.05, 4.69) is 86.0 Å². The Bertz CT molecular complexity index is 693. The Hall–Kier alpha value is -2.29. The fraction of sp³-hybridized carbons (Fsp3) is 0.480. The molecule has 0 aliphatic heterocycles. The Kier molecular flexibility index (Phi) is 6.77. The summed E-state index contributed by atoms with van der Waals surface area (Å²) >= 11 is 0. The lowest BCUT2D eigenvalue weighted by molar-refractivity contribution is -0.119. The number of carbonyl (C=O) groups excluding carboxylic acids is 1. The molecule has 2 aromatic rings. The summed E-state index contributed by atoms with van der Waals surface area (Å²) in [6.45, 7) is 12.7. The number of anilines is 2. The molecule has 3 nitrogen and oxygen atoms in total. The second-order valence-corrected chi connectivity index (χ2v) is 7.61. The normalized spacial score (nSPS) is 19.1. The van der Waals surface area contributed by atoms with Crippen LogP contribution in [-0.2, 0) is 4.79 Å². The number of carbonyl (C=O) groups is 1. The van der Waals surface area contributed by atoms with Gasteiger partial charge in [-0.2, -0.15) is 0 Å². The van der Waals surface area contributed by atoms with E-state index in [0.717, 1.165) is 39.0 Å². The maximum Gasteiger partial charge on any atom is 0.147 e. The molecular weight excluding hydrogens is 344 g/mol. The van der Waals surface area contributed by atoms with Gasteiger partial charge >= 0.3 is 0 Å². The van der Waals surface area contributed by atoms with Crippen molar-refractivity contribution in [1.29, 1.82) is 0 Å². The van der Waals surface area contributed by atoms with Gasteiger partial charge in [0.25, 0.3) is 0 Å². The van der Waals surface area contributed by atoms with Crippen LogP contribution in [0.4, 0.5) is 11.4 Å². The van der Waals surface area contributed by atoms with Crippen LogP contribution in [0.5, 0.6) is 0 Å². The molecule has 0 saturated heterocycles. The Morgan fingerprint density at radius 1 is 0.643 bits per heavy atom. The monoisotopic (exact) mass is 378 g/mol. The van der Waals surface area contributed by atoms with Gasteiger partial charge in [0.2, 0.25) is 0 Å². The number of rotatable bonds is 8. The van der Waals surface area contributed by atoms with Crippen LogP contribution in [0.1, 0.15) is 63.5 Å². The minimum absolute atomic E-state index is 0.0400. The lowest BCUT2D eigenvalue weighted by atomic mass is 9.91. The van der Waals surface area contributed by atoms with E-state index >= 15 is 0 Å². The number of benzene rings is 2. The van der Waals surface area contributed by atoms with Crippen molar-refractivity contribution in [2.75, 3.05) is 36.0 Å². The maximum absolute atomic E-state index is 13.1. The van der Waals surface area contributed by atoms with Crippen LogP contribution in [-0.4, -0.2) is 32.0 Å². The lowest BCUT2D eigenvalue weighted by Crippen LogP contribution is -2.22. The van der Waals surface area contributed by atoms with E-state index in [1.54, 1.807) is 0 Å². The molecule has 3 heteroatoms. The van der Waals surface area contributed by atoms with Crippen LogP contribution in [0.25, 0.3) is 0 Å². The van der Waals surface area contributed by atoms with Gasteiger partial charge in [-0.25, -0.2) is 0 Å². The third-order valence-corrected chi connectivity index (χ3v) is 6.28. The number of nitrogens with zero attached hydrogens (tertiary/aromatic N) is 2.